The fraction of sp³-hybridized carbons (Fsp3) is 0.294. The molecule has 10 heteroatoms. The predicted octanol–water partition coefficient (Wildman–Crippen LogP) is 4.43. The molecule has 2 N–H and O–H groups in total. The summed E-state index contributed by atoms with van der Waals surface area (Å²) in [6.07, 6.45) is -2.76. The molecule has 3 rings (SSSR count). The van der Waals surface area contributed by atoms with Crippen molar-refractivity contribution >= 4 is 36.4 Å². The maximum absolute atomic E-state index is 12.6. The Morgan fingerprint density at radius 3 is 2.44 bits per heavy atom. The second-order valence-corrected chi connectivity index (χ2v) is 5.62. The second-order valence-electron chi connectivity index (χ2n) is 5.62. The smallest absolute Gasteiger partial charge is 0.433 e. The lowest BCUT2D eigenvalue weighted by molar-refractivity contribution is -0.141. The summed E-state index contributed by atoms with van der Waals surface area (Å²) in [5.74, 6) is 0.0660. The lowest BCUT2D eigenvalue weighted by Crippen LogP contribution is -2.35. The first kappa shape index (κ1) is 23.0. The molecule has 0 radical (unpaired) electrons. The van der Waals surface area contributed by atoms with Gasteiger partial charge in [-0.3, -0.25) is 4.79 Å². The molecule has 2 heterocycles. The fourth-order valence-electron chi connectivity index (χ4n) is 2.49. The van der Waals surface area contributed by atoms with Gasteiger partial charge in [-0.05, 0) is 49.7 Å². The molecule has 27 heavy (non-hydrogen) atoms. The van der Waals surface area contributed by atoms with E-state index in [1.807, 2.05) is 0 Å². The Balaban J connectivity index is 0.00000182. The average molecular weight is 424 g/mol. The minimum absolute atomic E-state index is 0. The van der Waals surface area contributed by atoms with Gasteiger partial charge in [0.05, 0.1) is 6.04 Å². The van der Waals surface area contributed by atoms with Crippen LogP contribution in [0.1, 0.15) is 18.5 Å². The lowest BCUT2D eigenvalue weighted by Gasteiger charge is -2.12. The number of carbonyl (C=O) groups is 1. The second kappa shape index (κ2) is 9.77. The molecule has 1 atom stereocenters. The number of nitrogens with zero attached hydrogens (tertiary/aromatic N) is 1. The van der Waals surface area contributed by atoms with E-state index in [9.17, 15) is 18.0 Å². The zero-order valence-electron chi connectivity index (χ0n) is 14.0. The Morgan fingerprint density at radius 2 is 1.85 bits per heavy atom. The number of amides is 1. The number of nitrogens with one attached hydrogen (secondary N) is 2. The number of aromatic nitrogens is 1. The van der Waals surface area contributed by atoms with Crippen molar-refractivity contribution < 1.29 is 22.7 Å². The molecule has 1 aromatic heterocycles. The highest BCUT2D eigenvalue weighted by molar-refractivity contribution is 5.95. The van der Waals surface area contributed by atoms with Crippen LogP contribution in [0.4, 0.5) is 18.9 Å². The number of ether oxygens (including phenoxy) is 1. The molecule has 5 nitrogen and oxygen atoms in total. The van der Waals surface area contributed by atoms with Gasteiger partial charge >= 0.3 is 6.18 Å². The molecule has 148 valence electrons. The van der Waals surface area contributed by atoms with Crippen molar-refractivity contribution in [3.63, 3.8) is 0 Å². The molecule has 1 unspecified atom stereocenters. The van der Waals surface area contributed by atoms with Crippen LogP contribution < -0.4 is 15.4 Å². The summed E-state index contributed by atoms with van der Waals surface area (Å²) in [5.41, 5.74) is -0.430. The minimum atomic E-state index is -4.53. The van der Waals surface area contributed by atoms with E-state index in [2.05, 4.69) is 15.6 Å². The topological polar surface area (TPSA) is 63.2 Å². The zero-order chi connectivity index (χ0) is 17.9. The highest BCUT2D eigenvalue weighted by atomic mass is 35.5. The molecular formula is C17H18Cl2F3N3O2. The number of benzene rings is 1. The SMILES string of the molecule is Cl.Cl.O=C(Nc1ccc(Oc2cccc(C(F)(F)F)n2)cc1)C1CCCN1. The van der Waals surface area contributed by atoms with Gasteiger partial charge < -0.3 is 15.4 Å². The summed E-state index contributed by atoms with van der Waals surface area (Å²) >= 11 is 0. The molecule has 1 amide bonds. The molecule has 0 bridgehead atoms. The number of rotatable bonds is 4. The largest absolute Gasteiger partial charge is 0.439 e. The van der Waals surface area contributed by atoms with Gasteiger partial charge in [-0.1, -0.05) is 6.07 Å². The van der Waals surface area contributed by atoms with E-state index in [1.54, 1.807) is 24.3 Å². The van der Waals surface area contributed by atoms with Gasteiger partial charge in [-0.2, -0.15) is 13.2 Å². The number of pyridine rings is 1. The number of alkyl halides is 3. The van der Waals surface area contributed by atoms with Gasteiger partial charge in [0.15, 0.2) is 0 Å². The highest BCUT2D eigenvalue weighted by Crippen LogP contribution is 2.30. The zero-order valence-corrected chi connectivity index (χ0v) is 15.6. The van der Waals surface area contributed by atoms with E-state index < -0.39 is 11.9 Å². The Labute approximate surface area is 166 Å². The first-order valence-corrected chi connectivity index (χ1v) is 7.78. The van der Waals surface area contributed by atoms with Crippen molar-refractivity contribution in [3.8, 4) is 11.6 Å². The van der Waals surface area contributed by atoms with E-state index >= 15 is 0 Å². The van der Waals surface area contributed by atoms with E-state index in [0.29, 0.717) is 11.4 Å². The van der Waals surface area contributed by atoms with Crippen molar-refractivity contribution in [2.24, 2.45) is 0 Å². The summed E-state index contributed by atoms with van der Waals surface area (Å²) in [6, 6.07) is 9.61. The maximum atomic E-state index is 12.6. The van der Waals surface area contributed by atoms with Crippen LogP contribution in [0.2, 0.25) is 0 Å². The highest BCUT2D eigenvalue weighted by Gasteiger charge is 2.32. The molecule has 1 saturated heterocycles. The Morgan fingerprint density at radius 1 is 1.15 bits per heavy atom. The van der Waals surface area contributed by atoms with Crippen LogP contribution in [0.15, 0.2) is 42.5 Å². The first-order chi connectivity index (χ1) is 11.9. The van der Waals surface area contributed by atoms with Gasteiger partial charge in [0, 0.05) is 11.8 Å². The predicted molar refractivity (Wildman–Crippen MR) is 99.9 cm³/mol. The van der Waals surface area contributed by atoms with Crippen LogP contribution in [0.5, 0.6) is 11.6 Å². The third-order valence-corrected chi connectivity index (χ3v) is 3.74. The molecule has 1 aliphatic heterocycles. The summed E-state index contributed by atoms with van der Waals surface area (Å²) in [7, 11) is 0. The van der Waals surface area contributed by atoms with Crippen LogP contribution in [-0.4, -0.2) is 23.5 Å². The number of carbonyl (C=O) groups excluding carboxylic acids is 1. The summed E-state index contributed by atoms with van der Waals surface area (Å²) in [6.45, 7) is 0.828. The first-order valence-electron chi connectivity index (χ1n) is 7.78. The van der Waals surface area contributed by atoms with Crippen LogP contribution in [-0.2, 0) is 11.0 Å². The average Bonchev–Trinajstić information content (AvgIpc) is 3.11. The normalized spacial score (nSPS) is 16.0. The summed E-state index contributed by atoms with van der Waals surface area (Å²) < 4.78 is 43.3. The number of halogens is 5. The number of anilines is 1. The molecule has 1 aromatic carbocycles. The minimum Gasteiger partial charge on any atom is -0.439 e. The van der Waals surface area contributed by atoms with Crippen LogP contribution >= 0.6 is 24.8 Å². The van der Waals surface area contributed by atoms with Crippen LogP contribution in [0.25, 0.3) is 0 Å². The fourth-order valence-corrected chi connectivity index (χ4v) is 2.49. The van der Waals surface area contributed by atoms with Crippen LogP contribution in [0.3, 0.4) is 0 Å². The van der Waals surface area contributed by atoms with Crippen molar-refractivity contribution in [1.82, 2.24) is 10.3 Å². The Hall–Kier alpha value is -2.03. The van der Waals surface area contributed by atoms with Crippen molar-refractivity contribution in [1.29, 1.82) is 0 Å². The summed E-state index contributed by atoms with van der Waals surface area (Å²) in [5, 5.41) is 5.88. The Bertz CT molecular complexity index is 752. The molecule has 2 aromatic rings. The van der Waals surface area contributed by atoms with E-state index in [0.717, 1.165) is 25.5 Å². The van der Waals surface area contributed by atoms with Gasteiger partial charge in [-0.15, -0.1) is 24.8 Å². The Kier molecular flexibility index (Phi) is 8.33. The van der Waals surface area contributed by atoms with E-state index in [1.165, 1.54) is 12.1 Å². The molecule has 0 saturated carbocycles. The van der Waals surface area contributed by atoms with Gasteiger partial charge in [0.25, 0.3) is 0 Å². The third-order valence-electron chi connectivity index (χ3n) is 3.74. The number of hydrogen-bond acceptors (Lipinski definition) is 4. The van der Waals surface area contributed by atoms with E-state index in [4.69, 9.17) is 4.74 Å². The van der Waals surface area contributed by atoms with E-state index in [-0.39, 0.29) is 42.6 Å². The molecule has 1 fully saturated rings. The molecule has 0 spiro atoms. The van der Waals surface area contributed by atoms with Crippen molar-refractivity contribution in [2.45, 2.75) is 25.1 Å². The standard InChI is InChI=1S/C17H16F3N3O2.2ClH/c18-17(19,20)14-4-1-5-15(23-14)25-12-8-6-11(7-9-12)22-16(24)13-3-2-10-21-13;;/h1,4-9,13,21H,2-3,10H2,(H,22,24);2*1H. The number of hydrogen-bond donors (Lipinski definition) is 2. The van der Waals surface area contributed by atoms with Gasteiger partial charge in [0.2, 0.25) is 11.8 Å². The molecule has 1 aliphatic rings. The third kappa shape index (κ3) is 6.27. The lowest BCUT2D eigenvalue weighted by atomic mass is 10.2. The molecule has 0 aliphatic carbocycles. The van der Waals surface area contributed by atoms with Crippen molar-refractivity contribution in [3.05, 3.63) is 48.2 Å². The maximum Gasteiger partial charge on any atom is 0.433 e. The monoisotopic (exact) mass is 423 g/mol. The van der Waals surface area contributed by atoms with Gasteiger partial charge in [-0.25, -0.2) is 4.98 Å². The van der Waals surface area contributed by atoms with Crippen molar-refractivity contribution in [2.75, 3.05) is 11.9 Å². The van der Waals surface area contributed by atoms with Crippen LogP contribution in [0, 0.1) is 0 Å². The quantitative estimate of drug-likeness (QED) is 0.763. The van der Waals surface area contributed by atoms with Gasteiger partial charge in [0.1, 0.15) is 11.4 Å². The molecular weight excluding hydrogens is 406 g/mol. The summed E-state index contributed by atoms with van der Waals surface area (Å²) in [4.78, 5) is 15.4.